The number of carboxylic acid groups (broad SMARTS) is 1. The summed E-state index contributed by atoms with van der Waals surface area (Å²) in [6.45, 7) is 1.45. The number of benzene rings is 3. The van der Waals surface area contributed by atoms with E-state index in [0.29, 0.717) is 20.5 Å². The maximum absolute atomic E-state index is 14.1. The van der Waals surface area contributed by atoms with Gasteiger partial charge in [0.05, 0.1) is 5.75 Å². The average molecular weight is 600 g/mol. The van der Waals surface area contributed by atoms with E-state index in [1.54, 1.807) is 18.2 Å². The summed E-state index contributed by atoms with van der Waals surface area (Å²) in [6.07, 6.45) is -1.15. The summed E-state index contributed by atoms with van der Waals surface area (Å²) in [5.41, 5.74) is 0.321. The molecule has 0 bridgehead atoms. The van der Waals surface area contributed by atoms with E-state index in [-0.39, 0.29) is 17.9 Å². The first-order valence-electron chi connectivity index (χ1n) is 11.2. The number of carbonyl (C=O) groups excluding carboxylic acids is 1. The van der Waals surface area contributed by atoms with E-state index in [1.165, 1.54) is 67.6 Å². The summed E-state index contributed by atoms with van der Waals surface area (Å²) < 4.78 is 51.5. The van der Waals surface area contributed by atoms with Crippen molar-refractivity contribution in [2.45, 2.75) is 25.1 Å². The largest absolute Gasteiger partial charge is 0.480 e. The van der Waals surface area contributed by atoms with Crippen molar-refractivity contribution in [1.82, 2.24) is 4.90 Å². The summed E-state index contributed by atoms with van der Waals surface area (Å²) in [4.78, 5) is 25.9. The van der Waals surface area contributed by atoms with E-state index < -0.39 is 46.7 Å². The Morgan fingerprint density at radius 2 is 1.37 bits per heavy atom. The van der Waals surface area contributed by atoms with Crippen molar-refractivity contribution in [3.05, 3.63) is 94.5 Å². The molecule has 1 unspecified atom stereocenters. The molecule has 38 heavy (non-hydrogen) atoms. The molecular weight excluding hydrogens is 576 g/mol. The maximum atomic E-state index is 14.1. The van der Waals surface area contributed by atoms with E-state index in [4.69, 9.17) is 32.2 Å². The molecule has 202 valence electrons. The van der Waals surface area contributed by atoms with Crippen LogP contribution in [0.15, 0.2) is 78.9 Å². The van der Waals surface area contributed by atoms with Crippen LogP contribution in [0.25, 0.3) is 0 Å². The highest BCUT2D eigenvalue weighted by atomic mass is 35.5. The van der Waals surface area contributed by atoms with Crippen molar-refractivity contribution >= 4 is 51.8 Å². The third-order valence-corrected chi connectivity index (χ3v) is 8.80. The van der Waals surface area contributed by atoms with Crippen LogP contribution in [-0.2, 0) is 24.9 Å². The van der Waals surface area contributed by atoms with E-state index in [0.717, 1.165) is 0 Å². The Morgan fingerprint density at radius 1 is 0.895 bits per heavy atom. The molecule has 0 aliphatic rings. The van der Waals surface area contributed by atoms with Crippen molar-refractivity contribution in [2.75, 3.05) is 6.29 Å². The SMILES string of the molecule is CCC(C(=O)O)N(CP(=O)(Oc1ccc(Cl)cc1)Oc1ccc(Cl)cc1)C(=O)S(=O)(=O)Cc1ccccc1. The first-order chi connectivity index (χ1) is 17.9. The molecule has 1 atom stereocenters. The standard InChI is InChI=1S/C25H24Cl2NO8PS/c1-2-23(24(29)30)28(25(31)38(33,34)16-18-6-4-3-5-7-18)17-37(32,35-21-12-8-19(26)9-13-21)36-22-14-10-20(27)11-15-22/h3-15,23H,2,16-17H2,1H3,(H,29,30). The van der Waals surface area contributed by atoms with E-state index in [1.807, 2.05) is 0 Å². The number of sulfone groups is 1. The van der Waals surface area contributed by atoms with Crippen LogP contribution < -0.4 is 9.05 Å². The maximum Gasteiger partial charge on any atom is 0.450 e. The summed E-state index contributed by atoms with van der Waals surface area (Å²) in [5.74, 6) is -2.09. The first-order valence-corrected chi connectivity index (χ1v) is 15.4. The second-order valence-corrected chi connectivity index (χ2v) is 12.7. The third-order valence-electron chi connectivity index (χ3n) is 5.19. The number of hydrogen-bond donors (Lipinski definition) is 1. The predicted molar refractivity (Wildman–Crippen MR) is 145 cm³/mol. The molecule has 0 saturated heterocycles. The van der Waals surface area contributed by atoms with Gasteiger partial charge in [0, 0.05) is 10.0 Å². The number of hydrogen-bond acceptors (Lipinski definition) is 7. The Balaban J connectivity index is 2.03. The summed E-state index contributed by atoms with van der Waals surface area (Å²) in [7, 11) is -9.04. The van der Waals surface area contributed by atoms with Gasteiger partial charge in [0.2, 0.25) is 9.84 Å². The van der Waals surface area contributed by atoms with E-state index >= 15 is 0 Å². The lowest BCUT2D eigenvalue weighted by molar-refractivity contribution is -0.141. The number of rotatable bonds is 11. The van der Waals surface area contributed by atoms with Gasteiger partial charge in [-0.25, -0.2) is 17.8 Å². The van der Waals surface area contributed by atoms with Gasteiger partial charge in [-0.3, -0.25) is 4.79 Å². The molecule has 13 heteroatoms. The van der Waals surface area contributed by atoms with Gasteiger partial charge in [0.25, 0.3) is 0 Å². The highest BCUT2D eigenvalue weighted by Gasteiger charge is 2.43. The normalized spacial score (nSPS) is 12.4. The highest BCUT2D eigenvalue weighted by Crippen LogP contribution is 2.50. The highest BCUT2D eigenvalue weighted by molar-refractivity contribution is 8.05. The van der Waals surface area contributed by atoms with Gasteiger partial charge in [-0.1, -0.05) is 60.5 Å². The first kappa shape index (κ1) is 29.5. The number of carbonyl (C=O) groups is 2. The zero-order valence-electron chi connectivity index (χ0n) is 20.1. The van der Waals surface area contributed by atoms with Gasteiger partial charge < -0.3 is 19.1 Å². The number of aliphatic carboxylic acids is 1. The van der Waals surface area contributed by atoms with Crippen LogP contribution in [0, 0.1) is 0 Å². The fourth-order valence-corrected chi connectivity index (χ4v) is 6.81. The lowest BCUT2D eigenvalue weighted by atomic mass is 10.2. The zero-order chi connectivity index (χ0) is 27.9. The van der Waals surface area contributed by atoms with E-state index in [2.05, 4.69) is 0 Å². The second-order valence-electron chi connectivity index (χ2n) is 8.09. The van der Waals surface area contributed by atoms with Crippen LogP contribution in [-0.4, -0.2) is 42.0 Å². The molecule has 0 spiro atoms. The molecule has 0 aliphatic heterocycles. The minimum absolute atomic E-state index is 0.0367. The molecular formula is C25H24Cl2NO8PS. The van der Waals surface area contributed by atoms with Crippen LogP contribution in [0.4, 0.5) is 4.79 Å². The van der Waals surface area contributed by atoms with Crippen LogP contribution in [0.5, 0.6) is 11.5 Å². The van der Waals surface area contributed by atoms with Crippen LogP contribution in [0.3, 0.4) is 0 Å². The molecule has 1 N–H and O–H groups in total. The number of amides is 1. The molecule has 0 fully saturated rings. The van der Waals surface area contributed by atoms with Crippen molar-refractivity contribution in [3.8, 4) is 11.5 Å². The number of nitrogens with zero attached hydrogens (tertiary/aromatic N) is 1. The summed E-state index contributed by atoms with van der Waals surface area (Å²) in [6, 6.07) is 17.7. The molecule has 9 nitrogen and oxygen atoms in total. The third kappa shape index (κ3) is 7.98. The van der Waals surface area contributed by atoms with Crippen molar-refractivity contribution < 1.29 is 36.7 Å². The lowest BCUT2D eigenvalue weighted by Crippen LogP contribution is -2.48. The molecule has 1 amide bonds. The topological polar surface area (TPSA) is 127 Å². The van der Waals surface area contributed by atoms with Gasteiger partial charge in [-0.05, 0) is 60.5 Å². The molecule has 0 heterocycles. The Labute approximate surface area is 230 Å². The van der Waals surface area contributed by atoms with Gasteiger partial charge in [0.15, 0.2) is 0 Å². The van der Waals surface area contributed by atoms with Crippen LogP contribution in [0.1, 0.15) is 18.9 Å². The molecule has 3 rings (SSSR count). The van der Waals surface area contributed by atoms with Gasteiger partial charge in [0.1, 0.15) is 23.8 Å². The molecule has 0 aromatic heterocycles. The smallest absolute Gasteiger partial charge is 0.450 e. The molecule has 3 aromatic carbocycles. The predicted octanol–water partition coefficient (Wildman–Crippen LogP) is 6.50. The fraction of sp³-hybridized carbons (Fsp3) is 0.200. The van der Waals surface area contributed by atoms with E-state index in [9.17, 15) is 27.7 Å². The van der Waals surface area contributed by atoms with Crippen LogP contribution >= 0.6 is 30.8 Å². The molecule has 0 radical (unpaired) electrons. The Morgan fingerprint density at radius 3 is 1.79 bits per heavy atom. The monoisotopic (exact) mass is 599 g/mol. The Hall–Kier alpha value is -3.04. The zero-order valence-corrected chi connectivity index (χ0v) is 23.3. The van der Waals surface area contributed by atoms with Crippen LogP contribution in [0.2, 0.25) is 10.0 Å². The Bertz CT molecular complexity index is 1370. The van der Waals surface area contributed by atoms with Crippen molar-refractivity contribution in [1.29, 1.82) is 0 Å². The van der Waals surface area contributed by atoms with Crippen molar-refractivity contribution in [3.63, 3.8) is 0 Å². The quantitative estimate of drug-likeness (QED) is 0.247. The minimum atomic E-state index is -4.57. The molecule has 3 aromatic rings. The summed E-state index contributed by atoms with van der Waals surface area (Å²) >= 11 is 11.8. The van der Waals surface area contributed by atoms with Crippen molar-refractivity contribution in [2.24, 2.45) is 0 Å². The van der Waals surface area contributed by atoms with Gasteiger partial charge in [-0.15, -0.1) is 0 Å². The summed E-state index contributed by atoms with van der Waals surface area (Å²) in [5, 5.41) is 9.01. The lowest BCUT2D eigenvalue weighted by Gasteiger charge is -2.31. The van der Waals surface area contributed by atoms with Gasteiger partial charge in [-0.2, -0.15) is 0 Å². The molecule has 0 aliphatic carbocycles. The minimum Gasteiger partial charge on any atom is -0.480 e. The number of carboxylic acids is 1. The fourth-order valence-electron chi connectivity index (χ4n) is 3.42. The van der Waals surface area contributed by atoms with Gasteiger partial charge >= 0.3 is 18.8 Å². The second kappa shape index (κ2) is 12.7. The molecule has 0 saturated carbocycles. The Kier molecular flexibility index (Phi) is 9.84. The average Bonchev–Trinajstić information content (AvgIpc) is 2.86. The number of halogens is 2.